The van der Waals surface area contributed by atoms with Gasteiger partial charge in [-0.25, -0.2) is 0 Å². The van der Waals surface area contributed by atoms with Crippen LogP contribution in [0.5, 0.6) is 0 Å². The Morgan fingerprint density at radius 2 is 1.70 bits per heavy atom. The molecular formula is C13H26N4O3. The van der Waals surface area contributed by atoms with Gasteiger partial charge in [-0.1, -0.05) is 32.9 Å². The lowest BCUT2D eigenvalue weighted by molar-refractivity contribution is -0.130. The van der Waals surface area contributed by atoms with Gasteiger partial charge in [0.1, 0.15) is 12.0 Å². The van der Waals surface area contributed by atoms with Crippen LogP contribution < -0.4 is 16.4 Å². The zero-order chi connectivity index (χ0) is 15.9. The van der Waals surface area contributed by atoms with Gasteiger partial charge in [-0.2, -0.15) is 0 Å². The monoisotopic (exact) mass is 286 g/mol. The maximum absolute atomic E-state index is 12.1. The van der Waals surface area contributed by atoms with Crippen LogP contribution in [0.15, 0.2) is 5.16 Å². The van der Waals surface area contributed by atoms with E-state index < -0.39 is 17.9 Å². The Morgan fingerprint density at radius 3 is 2.10 bits per heavy atom. The van der Waals surface area contributed by atoms with Crippen molar-refractivity contribution in [1.29, 1.82) is 0 Å². The van der Waals surface area contributed by atoms with Gasteiger partial charge in [0.2, 0.25) is 11.8 Å². The smallest absolute Gasteiger partial charge is 0.242 e. The highest BCUT2D eigenvalue weighted by Crippen LogP contribution is 2.11. The highest BCUT2D eigenvalue weighted by Gasteiger charge is 2.28. The molecule has 0 aliphatic heterocycles. The topological polar surface area (TPSA) is 117 Å². The van der Waals surface area contributed by atoms with Gasteiger partial charge in [0, 0.05) is 6.54 Å². The Bertz CT molecular complexity index is 367. The highest BCUT2D eigenvalue weighted by atomic mass is 16.4. The van der Waals surface area contributed by atoms with Crippen molar-refractivity contribution in [3.8, 4) is 0 Å². The van der Waals surface area contributed by atoms with Gasteiger partial charge in [-0.3, -0.25) is 9.59 Å². The Hall–Kier alpha value is -1.79. The minimum atomic E-state index is -0.764. The van der Waals surface area contributed by atoms with Crippen LogP contribution in [0.25, 0.3) is 0 Å². The average Bonchev–Trinajstić information content (AvgIpc) is 2.34. The second kappa shape index (κ2) is 8.39. The fourth-order valence-electron chi connectivity index (χ4n) is 1.67. The first-order valence-electron chi connectivity index (χ1n) is 6.76. The first-order chi connectivity index (χ1) is 9.20. The lowest BCUT2D eigenvalue weighted by Gasteiger charge is -2.21. The van der Waals surface area contributed by atoms with Gasteiger partial charge in [0.05, 0.1) is 0 Å². The summed E-state index contributed by atoms with van der Waals surface area (Å²) in [6.07, 6.45) is 0. The Labute approximate surface area is 120 Å². The number of nitrogens with two attached hydrogens (primary N) is 1. The second-order valence-electron chi connectivity index (χ2n) is 5.62. The number of amidine groups is 1. The van der Waals surface area contributed by atoms with Crippen molar-refractivity contribution in [2.45, 2.75) is 40.7 Å². The van der Waals surface area contributed by atoms with Crippen LogP contribution in [0, 0.1) is 17.8 Å². The van der Waals surface area contributed by atoms with Crippen LogP contribution in [0.1, 0.15) is 34.6 Å². The summed E-state index contributed by atoms with van der Waals surface area (Å²) in [6.45, 7) is 9.68. The third-order valence-electron chi connectivity index (χ3n) is 2.82. The summed E-state index contributed by atoms with van der Waals surface area (Å²) in [4.78, 5) is 23.9. The molecule has 2 amide bonds. The van der Waals surface area contributed by atoms with Crippen molar-refractivity contribution in [1.82, 2.24) is 10.6 Å². The number of carbonyl (C=O) groups excluding carboxylic acids is 2. The summed E-state index contributed by atoms with van der Waals surface area (Å²) in [6, 6.07) is -0.672. The van der Waals surface area contributed by atoms with Crippen molar-refractivity contribution in [2.24, 2.45) is 28.6 Å². The fourth-order valence-corrected chi connectivity index (χ4v) is 1.67. The number of carbonyl (C=O) groups is 2. The zero-order valence-electron chi connectivity index (χ0n) is 12.8. The van der Waals surface area contributed by atoms with E-state index in [1.54, 1.807) is 20.8 Å². The van der Waals surface area contributed by atoms with Crippen molar-refractivity contribution in [3.05, 3.63) is 0 Å². The Kier molecular flexibility index (Phi) is 7.64. The lowest BCUT2D eigenvalue weighted by Crippen LogP contribution is -2.50. The minimum Gasteiger partial charge on any atom is -0.409 e. The Morgan fingerprint density at radius 1 is 1.15 bits per heavy atom. The zero-order valence-corrected chi connectivity index (χ0v) is 12.8. The van der Waals surface area contributed by atoms with Gasteiger partial charge < -0.3 is 21.6 Å². The van der Waals surface area contributed by atoms with E-state index in [1.165, 1.54) is 0 Å². The molecule has 0 fully saturated rings. The number of rotatable bonds is 7. The number of amides is 2. The molecule has 2 unspecified atom stereocenters. The van der Waals surface area contributed by atoms with Crippen LogP contribution in [-0.2, 0) is 9.59 Å². The summed E-state index contributed by atoms with van der Waals surface area (Å²) in [5, 5.41) is 16.9. The molecule has 0 aliphatic rings. The minimum absolute atomic E-state index is 0.142. The summed E-state index contributed by atoms with van der Waals surface area (Å²) >= 11 is 0. The molecule has 0 aliphatic carbocycles. The van der Waals surface area contributed by atoms with Crippen molar-refractivity contribution in [3.63, 3.8) is 0 Å². The van der Waals surface area contributed by atoms with E-state index >= 15 is 0 Å². The fraction of sp³-hybridized carbons (Fsp3) is 0.769. The molecule has 7 nitrogen and oxygen atoms in total. The molecule has 0 spiro atoms. The summed E-state index contributed by atoms with van der Waals surface area (Å²) < 4.78 is 0. The average molecular weight is 286 g/mol. The molecule has 0 radical (unpaired) electrons. The van der Waals surface area contributed by atoms with Crippen molar-refractivity contribution < 1.29 is 14.8 Å². The molecule has 2 atom stereocenters. The van der Waals surface area contributed by atoms with Gasteiger partial charge in [0.25, 0.3) is 0 Å². The number of oxime groups is 1. The molecule has 20 heavy (non-hydrogen) atoms. The first kappa shape index (κ1) is 18.2. The van der Waals surface area contributed by atoms with E-state index in [0.717, 1.165) is 0 Å². The van der Waals surface area contributed by atoms with E-state index in [-0.39, 0.29) is 17.7 Å². The molecule has 0 rings (SSSR count). The van der Waals surface area contributed by atoms with Gasteiger partial charge in [-0.05, 0) is 18.8 Å². The van der Waals surface area contributed by atoms with Crippen molar-refractivity contribution in [2.75, 3.05) is 6.54 Å². The van der Waals surface area contributed by atoms with E-state index in [1.807, 2.05) is 13.8 Å². The largest absolute Gasteiger partial charge is 0.409 e. The predicted octanol–water partition coefficient (Wildman–Crippen LogP) is 0.282. The van der Waals surface area contributed by atoms with Crippen LogP contribution in [0.4, 0.5) is 0 Å². The molecule has 0 saturated heterocycles. The quantitative estimate of drug-likeness (QED) is 0.233. The lowest BCUT2D eigenvalue weighted by atomic mass is 9.93. The number of nitrogens with zero attached hydrogens (tertiary/aromatic N) is 1. The highest BCUT2D eigenvalue weighted by molar-refractivity contribution is 6.03. The maximum atomic E-state index is 12.1. The molecule has 7 heteroatoms. The first-order valence-corrected chi connectivity index (χ1v) is 6.76. The normalized spacial score (nSPS) is 15.1. The van der Waals surface area contributed by atoms with Crippen molar-refractivity contribution >= 4 is 17.6 Å². The van der Waals surface area contributed by atoms with Crippen LogP contribution >= 0.6 is 0 Å². The molecule has 0 aromatic carbocycles. The standard InChI is InChI=1S/C13H26N4O3/c1-7(2)6-15-12(18)9(5)16-13(19)10(8(3)4)11(14)17-20/h7-10,20H,6H2,1-5H3,(H2,14,17)(H,15,18)(H,16,19). The summed E-state index contributed by atoms with van der Waals surface area (Å²) in [7, 11) is 0. The summed E-state index contributed by atoms with van der Waals surface area (Å²) in [5.41, 5.74) is 5.51. The third-order valence-corrected chi connectivity index (χ3v) is 2.82. The molecule has 0 saturated carbocycles. The molecule has 5 N–H and O–H groups in total. The SMILES string of the molecule is CC(C)CNC(=O)C(C)NC(=O)C(C(N)=NO)C(C)C. The molecule has 0 bridgehead atoms. The third kappa shape index (κ3) is 5.90. The van der Waals surface area contributed by atoms with Gasteiger partial charge in [-0.15, -0.1) is 0 Å². The number of hydrogen-bond acceptors (Lipinski definition) is 4. The predicted molar refractivity (Wildman–Crippen MR) is 77.2 cm³/mol. The van der Waals surface area contributed by atoms with Gasteiger partial charge >= 0.3 is 0 Å². The molecule has 0 aromatic heterocycles. The Balaban J connectivity index is 4.60. The van der Waals surface area contributed by atoms with E-state index in [4.69, 9.17) is 10.9 Å². The van der Waals surface area contributed by atoms with Crippen LogP contribution in [0.3, 0.4) is 0 Å². The molecular weight excluding hydrogens is 260 g/mol. The number of hydrogen-bond donors (Lipinski definition) is 4. The number of nitrogens with one attached hydrogen (secondary N) is 2. The molecule has 0 heterocycles. The van der Waals surface area contributed by atoms with E-state index in [0.29, 0.717) is 12.5 Å². The van der Waals surface area contributed by atoms with E-state index in [2.05, 4.69) is 15.8 Å². The molecule has 116 valence electrons. The summed E-state index contributed by atoms with van der Waals surface area (Å²) in [5.74, 6) is -1.41. The van der Waals surface area contributed by atoms with Crippen LogP contribution in [-0.4, -0.2) is 35.4 Å². The molecule has 0 aromatic rings. The van der Waals surface area contributed by atoms with E-state index in [9.17, 15) is 9.59 Å². The maximum Gasteiger partial charge on any atom is 0.242 e. The van der Waals surface area contributed by atoms with Crippen LogP contribution in [0.2, 0.25) is 0 Å². The van der Waals surface area contributed by atoms with Gasteiger partial charge in [0.15, 0.2) is 5.84 Å². The second-order valence-corrected chi connectivity index (χ2v) is 5.62.